The Morgan fingerprint density at radius 3 is 2.05 bits per heavy atom. The van der Waals surface area contributed by atoms with E-state index in [9.17, 15) is 0 Å². The fourth-order valence-electron chi connectivity index (χ4n) is 2.63. The third-order valence-corrected chi connectivity index (χ3v) is 7.80. The summed E-state index contributed by atoms with van der Waals surface area (Å²) in [6.45, 7) is 10.7. The molecule has 0 aliphatic rings. The van der Waals surface area contributed by atoms with Gasteiger partial charge in [0.1, 0.15) is 0 Å². The van der Waals surface area contributed by atoms with Crippen LogP contribution < -0.4 is 0 Å². The Bertz CT molecular complexity index is 374. The Labute approximate surface area is 138 Å². The highest BCUT2D eigenvalue weighted by Crippen LogP contribution is 2.20. The molecule has 0 aromatic heterocycles. The molecule has 2 nitrogen and oxygen atoms in total. The molecule has 0 radical (unpaired) electrons. The number of hydrogen-bond acceptors (Lipinski definition) is 2. The normalized spacial score (nSPS) is 12.0. The van der Waals surface area contributed by atoms with Crippen LogP contribution in [0.2, 0.25) is 12.1 Å². The van der Waals surface area contributed by atoms with Crippen molar-refractivity contribution in [3.05, 3.63) is 35.9 Å². The van der Waals surface area contributed by atoms with Crippen molar-refractivity contribution < 1.29 is 8.85 Å². The topological polar surface area (TPSA) is 18.5 Å². The summed E-state index contributed by atoms with van der Waals surface area (Å²) in [4.78, 5) is 0. The molecule has 0 bridgehead atoms. The lowest BCUT2D eigenvalue weighted by Crippen LogP contribution is -2.41. The molecule has 1 aromatic rings. The zero-order valence-corrected chi connectivity index (χ0v) is 15.9. The first-order chi connectivity index (χ1) is 10.6. The molecule has 126 valence electrons. The van der Waals surface area contributed by atoms with Crippen LogP contribution in [0, 0.1) is 5.92 Å². The first-order valence-corrected chi connectivity index (χ1v) is 11.2. The Balaban J connectivity index is 2.29. The monoisotopic (exact) mass is 322 g/mol. The van der Waals surface area contributed by atoms with Crippen molar-refractivity contribution in [3.63, 3.8) is 0 Å². The molecule has 0 heterocycles. The van der Waals surface area contributed by atoms with Gasteiger partial charge in [0.05, 0.1) is 0 Å². The Morgan fingerprint density at radius 2 is 1.50 bits per heavy atom. The quantitative estimate of drug-likeness (QED) is 0.370. The summed E-state index contributed by atoms with van der Waals surface area (Å²) in [7, 11) is -1.95. The van der Waals surface area contributed by atoms with Crippen LogP contribution in [0.25, 0.3) is 0 Å². The second-order valence-corrected chi connectivity index (χ2v) is 10.3. The van der Waals surface area contributed by atoms with Crippen molar-refractivity contribution in [1.82, 2.24) is 0 Å². The van der Waals surface area contributed by atoms with E-state index in [1.165, 1.54) is 12.0 Å². The fourth-order valence-corrected chi connectivity index (χ4v) is 5.06. The van der Waals surface area contributed by atoms with Crippen LogP contribution in [0.1, 0.15) is 52.5 Å². The molecule has 0 N–H and O–H groups in total. The van der Waals surface area contributed by atoms with E-state index in [0.717, 1.165) is 50.5 Å². The lowest BCUT2D eigenvalue weighted by atomic mass is 10.1. The molecule has 0 saturated heterocycles. The van der Waals surface area contributed by atoms with Gasteiger partial charge >= 0.3 is 8.56 Å². The predicted octanol–water partition coefficient (Wildman–Crippen LogP) is 5.57. The van der Waals surface area contributed by atoms with Gasteiger partial charge in [-0.2, -0.15) is 0 Å². The van der Waals surface area contributed by atoms with Gasteiger partial charge in [-0.25, -0.2) is 0 Å². The lowest BCUT2D eigenvalue weighted by molar-refractivity contribution is 0.163. The second kappa shape index (κ2) is 11.0. The zero-order valence-electron chi connectivity index (χ0n) is 14.9. The van der Waals surface area contributed by atoms with Crippen molar-refractivity contribution in [2.24, 2.45) is 5.92 Å². The molecular formula is C19H34O2Si. The third kappa shape index (κ3) is 7.57. The Morgan fingerprint density at radius 1 is 0.909 bits per heavy atom. The van der Waals surface area contributed by atoms with Gasteiger partial charge < -0.3 is 8.85 Å². The molecule has 0 fully saturated rings. The highest BCUT2D eigenvalue weighted by molar-refractivity contribution is 6.67. The largest absolute Gasteiger partial charge is 0.394 e. The zero-order chi connectivity index (χ0) is 16.3. The van der Waals surface area contributed by atoms with E-state index in [1.54, 1.807) is 0 Å². The van der Waals surface area contributed by atoms with Crippen molar-refractivity contribution in [2.75, 3.05) is 13.2 Å². The smallest absolute Gasteiger partial charge is 0.337 e. The minimum Gasteiger partial charge on any atom is -0.394 e. The summed E-state index contributed by atoms with van der Waals surface area (Å²) in [5.41, 5.74) is 1.39. The number of benzene rings is 1. The van der Waals surface area contributed by atoms with Gasteiger partial charge in [0.2, 0.25) is 0 Å². The Kier molecular flexibility index (Phi) is 9.68. The van der Waals surface area contributed by atoms with Gasteiger partial charge in [0, 0.05) is 13.2 Å². The molecule has 22 heavy (non-hydrogen) atoms. The molecule has 0 atom stereocenters. The highest BCUT2D eigenvalue weighted by Gasteiger charge is 2.33. The van der Waals surface area contributed by atoms with Crippen molar-refractivity contribution in [3.8, 4) is 0 Å². The van der Waals surface area contributed by atoms with Crippen molar-refractivity contribution >= 4 is 8.56 Å². The van der Waals surface area contributed by atoms with Gasteiger partial charge in [0.25, 0.3) is 0 Å². The van der Waals surface area contributed by atoms with E-state index in [1.807, 2.05) is 0 Å². The first kappa shape index (κ1) is 19.4. The molecule has 0 aliphatic carbocycles. The van der Waals surface area contributed by atoms with Crippen LogP contribution in [0.5, 0.6) is 0 Å². The van der Waals surface area contributed by atoms with Crippen molar-refractivity contribution in [1.29, 1.82) is 0 Å². The number of hydrogen-bond donors (Lipinski definition) is 0. The molecule has 0 saturated carbocycles. The van der Waals surface area contributed by atoms with E-state index < -0.39 is 8.56 Å². The molecule has 1 aromatic carbocycles. The van der Waals surface area contributed by atoms with E-state index in [0.29, 0.717) is 0 Å². The van der Waals surface area contributed by atoms with E-state index in [-0.39, 0.29) is 0 Å². The van der Waals surface area contributed by atoms with Crippen LogP contribution in [0.4, 0.5) is 0 Å². The van der Waals surface area contributed by atoms with Gasteiger partial charge in [-0.3, -0.25) is 0 Å². The summed E-state index contributed by atoms with van der Waals surface area (Å²) >= 11 is 0. The SMILES string of the molecule is CC[Si](CC)(OCCCc1ccccc1)OCCCC(C)C. The summed E-state index contributed by atoms with van der Waals surface area (Å²) in [5, 5.41) is 0. The van der Waals surface area contributed by atoms with Crippen molar-refractivity contribution in [2.45, 2.75) is 65.5 Å². The maximum atomic E-state index is 6.27. The molecule has 3 heteroatoms. The molecular weight excluding hydrogens is 288 g/mol. The van der Waals surface area contributed by atoms with Crippen LogP contribution in [0.15, 0.2) is 30.3 Å². The standard InChI is InChI=1S/C19H34O2Si/c1-5-22(6-2,20-16-10-12-18(3)4)21-17-11-15-19-13-8-7-9-14-19/h7-9,13-14,18H,5-6,10-12,15-17H2,1-4H3. The molecule has 1 rings (SSSR count). The third-order valence-electron chi connectivity index (χ3n) is 4.19. The average Bonchev–Trinajstić information content (AvgIpc) is 2.54. The van der Waals surface area contributed by atoms with Crippen LogP contribution in [-0.2, 0) is 15.3 Å². The average molecular weight is 323 g/mol. The maximum Gasteiger partial charge on any atom is 0.337 e. The second-order valence-electron chi connectivity index (χ2n) is 6.44. The predicted molar refractivity (Wildman–Crippen MR) is 97.5 cm³/mol. The maximum absolute atomic E-state index is 6.27. The van der Waals surface area contributed by atoms with Crippen LogP contribution >= 0.6 is 0 Å². The lowest BCUT2D eigenvalue weighted by Gasteiger charge is -2.29. The molecule has 0 unspecified atom stereocenters. The minimum atomic E-state index is -1.95. The molecule has 0 spiro atoms. The van der Waals surface area contributed by atoms with Gasteiger partial charge in [-0.05, 0) is 49.3 Å². The summed E-state index contributed by atoms with van der Waals surface area (Å²) in [6.07, 6.45) is 4.56. The van der Waals surface area contributed by atoms with Crippen LogP contribution in [0.3, 0.4) is 0 Å². The summed E-state index contributed by atoms with van der Waals surface area (Å²) < 4.78 is 12.5. The van der Waals surface area contributed by atoms with Gasteiger partial charge in [0.15, 0.2) is 0 Å². The summed E-state index contributed by atoms with van der Waals surface area (Å²) in [5.74, 6) is 0.759. The van der Waals surface area contributed by atoms with E-state index in [4.69, 9.17) is 8.85 Å². The molecule has 0 aliphatic heterocycles. The van der Waals surface area contributed by atoms with Gasteiger partial charge in [-0.15, -0.1) is 0 Å². The van der Waals surface area contributed by atoms with Gasteiger partial charge in [-0.1, -0.05) is 58.0 Å². The van der Waals surface area contributed by atoms with E-state index >= 15 is 0 Å². The molecule has 0 amide bonds. The van der Waals surface area contributed by atoms with Crippen LogP contribution in [-0.4, -0.2) is 21.8 Å². The number of rotatable bonds is 12. The highest BCUT2D eigenvalue weighted by atomic mass is 28.4. The fraction of sp³-hybridized carbons (Fsp3) is 0.684. The summed E-state index contributed by atoms with van der Waals surface area (Å²) in [6, 6.07) is 12.7. The minimum absolute atomic E-state index is 0.759. The number of aryl methyl sites for hydroxylation is 1. The Hall–Kier alpha value is -0.643. The first-order valence-electron chi connectivity index (χ1n) is 8.93. The van der Waals surface area contributed by atoms with E-state index in [2.05, 4.69) is 58.0 Å².